The summed E-state index contributed by atoms with van der Waals surface area (Å²) in [5.41, 5.74) is 1.21. The molecule has 1 heterocycles. The lowest BCUT2D eigenvalue weighted by molar-refractivity contribution is 0.0924. The fraction of sp³-hybridized carbons (Fsp3) is 0.176. The third-order valence-corrected chi connectivity index (χ3v) is 3.51. The summed E-state index contributed by atoms with van der Waals surface area (Å²) in [5.74, 6) is -0.217. The molecule has 0 fully saturated rings. The Morgan fingerprint density at radius 3 is 2.81 bits per heavy atom. The number of hydrogen-bond acceptors (Lipinski definition) is 3. The van der Waals surface area contributed by atoms with E-state index in [9.17, 15) is 4.79 Å². The molecule has 0 radical (unpaired) electrons. The van der Waals surface area contributed by atoms with Gasteiger partial charge in [-0.1, -0.05) is 30.3 Å². The van der Waals surface area contributed by atoms with Crippen LogP contribution in [0.3, 0.4) is 0 Å². The Kier molecular flexibility index (Phi) is 3.54. The number of carbonyl (C=O) groups excluding carboxylic acids is 1. The lowest BCUT2D eigenvalue weighted by Crippen LogP contribution is -2.35. The van der Waals surface area contributed by atoms with Gasteiger partial charge >= 0.3 is 0 Å². The number of nitrogens with one attached hydrogen (secondary N) is 1. The zero-order chi connectivity index (χ0) is 14.8. The van der Waals surface area contributed by atoms with E-state index in [4.69, 9.17) is 5.11 Å². The first-order valence-electron chi connectivity index (χ1n) is 6.89. The normalized spacial score (nSPS) is 12.5. The van der Waals surface area contributed by atoms with Gasteiger partial charge in [-0.15, -0.1) is 0 Å². The standard InChI is InChI=1S/C17H16N2O2/c1-11(10-20)19-17(21)15-9-12-5-2-3-6-13(12)14-7-4-8-18-16(14)15/h2-9,11,20H,10H2,1H3,(H,19,21). The van der Waals surface area contributed by atoms with E-state index < -0.39 is 0 Å². The van der Waals surface area contributed by atoms with E-state index in [-0.39, 0.29) is 18.6 Å². The maximum atomic E-state index is 12.4. The predicted octanol–water partition coefficient (Wildman–Crippen LogP) is 2.50. The van der Waals surface area contributed by atoms with Gasteiger partial charge in [-0.2, -0.15) is 0 Å². The van der Waals surface area contributed by atoms with Crippen molar-refractivity contribution in [2.45, 2.75) is 13.0 Å². The van der Waals surface area contributed by atoms with Gasteiger partial charge in [-0.3, -0.25) is 9.78 Å². The average Bonchev–Trinajstić information content (AvgIpc) is 2.53. The first-order valence-corrected chi connectivity index (χ1v) is 6.89. The molecule has 0 bridgehead atoms. The topological polar surface area (TPSA) is 62.2 Å². The number of rotatable bonds is 3. The molecule has 1 amide bonds. The molecule has 3 rings (SSSR count). The van der Waals surface area contributed by atoms with Crippen molar-refractivity contribution in [1.82, 2.24) is 10.3 Å². The highest BCUT2D eigenvalue weighted by Gasteiger charge is 2.15. The van der Waals surface area contributed by atoms with Crippen molar-refractivity contribution in [2.24, 2.45) is 0 Å². The number of hydrogen-bond donors (Lipinski definition) is 2. The summed E-state index contributed by atoms with van der Waals surface area (Å²) in [4.78, 5) is 16.8. The molecule has 0 aliphatic rings. The lowest BCUT2D eigenvalue weighted by atomic mass is 10.0. The van der Waals surface area contributed by atoms with Crippen molar-refractivity contribution in [2.75, 3.05) is 6.61 Å². The molecular formula is C17H16N2O2. The maximum absolute atomic E-state index is 12.4. The second-order valence-corrected chi connectivity index (χ2v) is 5.10. The summed E-state index contributed by atoms with van der Waals surface area (Å²) >= 11 is 0. The largest absolute Gasteiger partial charge is 0.394 e. The molecule has 0 saturated heterocycles. The second-order valence-electron chi connectivity index (χ2n) is 5.10. The lowest BCUT2D eigenvalue weighted by Gasteiger charge is -2.13. The zero-order valence-corrected chi connectivity index (χ0v) is 11.7. The fourth-order valence-electron chi connectivity index (χ4n) is 2.45. The Morgan fingerprint density at radius 2 is 2.00 bits per heavy atom. The Morgan fingerprint density at radius 1 is 1.24 bits per heavy atom. The number of fused-ring (bicyclic) bond motifs is 3. The number of aliphatic hydroxyl groups is 1. The highest BCUT2D eigenvalue weighted by Crippen LogP contribution is 2.27. The Balaban J connectivity index is 2.23. The van der Waals surface area contributed by atoms with Crippen molar-refractivity contribution >= 4 is 27.6 Å². The number of pyridine rings is 1. The number of aromatic nitrogens is 1. The summed E-state index contributed by atoms with van der Waals surface area (Å²) < 4.78 is 0. The minimum atomic E-state index is -0.289. The van der Waals surface area contributed by atoms with Gasteiger partial charge in [0.15, 0.2) is 0 Å². The Labute approximate surface area is 122 Å². The molecule has 1 aromatic heterocycles. The van der Waals surface area contributed by atoms with Crippen LogP contribution in [0, 0.1) is 0 Å². The minimum absolute atomic E-state index is 0.0926. The van der Waals surface area contributed by atoms with Gasteiger partial charge in [0.05, 0.1) is 17.7 Å². The van der Waals surface area contributed by atoms with E-state index in [1.54, 1.807) is 13.1 Å². The third-order valence-electron chi connectivity index (χ3n) is 3.51. The molecule has 0 aliphatic heterocycles. The van der Waals surface area contributed by atoms with Gasteiger partial charge in [0.25, 0.3) is 5.91 Å². The first-order chi connectivity index (χ1) is 10.2. The van der Waals surface area contributed by atoms with Crippen LogP contribution in [0.15, 0.2) is 48.7 Å². The quantitative estimate of drug-likeness (QED) is 0.725. The predicted molar refractivity (Wildman–Crippen MR) is 83.3 cm³/mol. The number of nitrogens with zero attached hydrogens (tertiary/aromatic N) is 1. The molecule has 0 saturated carbocycles. The summed E-state index contributed by atoms with van der Waals surface area (Å²) in [6.07, 6.45) is 1.68. The van der Waals surface area contributed by atoms with Gasteiger partial charge in [0, 0.05) is 17.6 Å². The Bertz CT molecular complexity index is 814. The minimum Gasteiger partial charge on any atom is -0.394 e. The molecule has 0 spiro atoms. The summed E-state index contributed by atoms with van der Waals surface area (Å²) in [6, 6.07) is 13.3. The van der Waals surface area contributed by atoms with Gasteiger partial charge in [-0.05, 0) is 29.8 Å². The van der Waals surface area contributed by atoms with E-state index >= 15 is 0 Å². The van der Waals surface area contributed by atoms with E-state index in [0.29, 0.717) is 11.1 Å². The van der Waals surface area contributed by atoms with Crippen LogP contribution in [0.2, 0.25) is 0 Å². The van der Waals surface area contributed by atoms with Crippen molar-refractivity contribution < 1.29 is 9.90 Å². The molecule has 1 atom stereocenters. The third kappa shape index (κ3) is 2.45. The van der Waals surface area contributed by atoms with E-state index in [1.165, 1.54) is 0 Å². The zero-order valence-electron chi connectivity index (χ0n) is 11.7. The van der Waals surface area contributed by atoms with Crippen LogP contribution in [-0.4, -0.2) is 28.6 Å². The molecule has 2 aromatic carbocycles. The van der Waals surface area contributed by atoms with Crippen molar-refractivity contribution in [3.8, 4) is 0 Å². The molecule has 106 valence electrons. The average molecular weight is 280 g/mol. The molecule has 1 unspecified atom stereocenters. The second kappa shape index (κ2) is 5.50. The molecule has 3 aromatic rings. The number of carbonyl (C=O) groups is 1. The van der Waals surface area contributed by atoms with E-state index in [0.717, 1.165) is 16.2 Å². The summed E-state index contributed by atoms with van der Waals surface area (Å²) in [5, 5.41) is 14.9. The van der Waals surface area contributed by atoms with Crippen LogP contribution in [-0.2, 0) is 0 Å². The number of benzene rings is 2. The van der Waals surface area contributed by atoms with Crippen LogP contribution in [0.5, 0.6) is 0 Å². The highest BCUT2D eigenvalue weighted by molar-refractivity contribution is 6.15. The maximum Gasteiger partial charge on any atom is 0.253 e. The number of amides is 1. The van der Waals surface area contributed by atoms with E-state index in [1.807, 2.05) is 42.5 Å². The van der Waals surface area contributed by atoms with Crippen LogP contribution < -0.4 is 5.32 Å². The summed E-state index contributed by atoms with van der Waals surface area (Å²) in [7, 11) is 0. The SMILES string of the molecule is CC(CO)NC(=O)c1cc2ccccc2c2cccnc12. The Hall–Kier alpha value is -2.46. The van der Waals surface area contributed by atoms with Gasteiger partial charge in [0.2, 0.25) is 0 Å². The van der Waals surface area contributed by atoms with E-state index in [2.05, 4.69) is 10.3 Å². The molecular weight excluding hydrogens is 264 g/mol. The van der Waals surface area contributed by atoms with Gasteiger partial charge in [-0.25, -0.2) is 0 Å². The smallest absolute Gasteiger partial charge is 0.253 e. The summed E-state index contributed by atoms with van der Waals surface area (Å²) in [6.45, 7) is 1.67. The van der Waals surface area contributed by atoms with Crippen LogP contribution in [0.4, 0.5) is 0 Å². The first kappa shape index (κ1) is 13.5. The van der Waals surface area contributed by atoms with Crippen molar-refractivity contribution in [3.63, 3.8) is 0 Å². The molecule has 0 aliphatic carbocycles. The van der Waals surface area contributed by atoms with Crippen LogP contribution >= 0.6 is 0 Å². The monoisotopic (exact) mass is 280 g/mol. The molecule has 21 heavy (non-hydrogen) atoms. The van der Waals surface area contributed by atoms with Crippen LogP contribution in [0.1, 0.15) is 17.3 Å². The highest BCUT2D eigenvalue weighted by atomic mass is 16.3. The van der Waals surface area contributed by atoms with Crippen molar-refractivity contribution in [3.05, 3.63) is 54.2 Å². The number of aliphatic hydroxyl groups excluding tert-OH is 1. The van der Waals surface area contributed by atoms with Crippen LogP contribution in [0.25, 0.3) is 21.7 Å². The van der Waals surface area contributed by atoms with Crippen molar-refractivity contribution in [1.29, 1.82) is 0 Å². The fourth-order valence-corrected chi connectivity index (χ4v) is 2.45. The molecule has 2 N–H and O–H groups in total. The van der Waals surface area contributed by atoms with Gasteiger partial charge in [0.1, 0.15) is 0 Å². The van der Waals surface area contributed by atoms with Gasteiger partial charge < -0.3 is 10.4 Å². The molecule has 4 heteroatoms. The molecule has 4 nitrogen and oxygen atoms in total.